The summed E-state index contributed by atoms with van der Waals surface area (Å²) in [5.41, 5.74) is 0.968. The van der Waals surface area contributed by atoms with E-state index in [1.165, 1.54) is 0 Å². The van der Waals surface area contributed by atoms with Gasteiger partial charge in [0.1, 0.15) is 5.69 Å². The first-order chi connectivity index (χ1) is 12.4. The Bertz CT molecular complexity index is 876. The highest BCUT2D eigenvalue weighted by Crippen LogP contribution is 2.33. The van der Waals surface area contributed by atoms with E-state index in [4.69, 9.17) is 0 Å². The lowest BCUT2D eigenvalue weighted by Gasteiger charge is -2.26. The molecule has 0 radical (unpaired) electrons. The second-order valence-electron chi connectivity index (χ2n) is 6.34. The van der Waals surface area contributed by atoms with Crippen LogP contribution in [0.3, 0.4) is 0 Å². The molecule has 3 rings (SSSR count). The summed E-state index contributed by atoms with van der Waals surface area (Å²) >= 11 is 0. The van der Waals surface area contributed by atoms with Crippen LogP contribution in [-0.4, -0.2) is 30.5 Å². The molecule has 2 aromatic carbocycles. The molecule has 3 nitrogen and oxygen atoms in total. The van der Waals surface area contributed by atoms with Gasteiger partial charge in [-0.3, -0.25) is 0 Å². The smallest absolute Gasteiger partial charge is 0.383 e. The summed E-state index contributed by atoms with van der Waals surface area (Å²) in [6, 6.07) is 17.8. The van der Waals surface area contributed by atoms with Crippen molar-refractivity contribution in [3.63, 3.8) is 0 Å². The van der Waals surface area contributed by atoms with E-state index < -0.39 is 11.9 Å². The van der Waals surface area contributed by atoms with Crippen molar-refractivity contribution in [1.29, 1.82) is 0 Å². The summed E-state index contributed by atoms with van der Waals surface area (Å²) < 4.78 is 39.6. The number of hydrogen-bond donors (Lipinski definition) is 1. The molecule has 1 aromatic heterocycles. The standard InChI is InChI=1S/C20H20F3N3/c1-26(2)18(14-8-4-3-5-9-14)13-24-17-12-19(20(21,22)23)25-16-11-7-6-10-15(16)17/h3-12,18H,13H2,1-2H3,(H,24,25)/t18-/m0/s1. The monoisotopic (exact) mass is 359 g/mol. The molecule has 0 spiro atoms. The van der Waals surface area contributed by atoms with Gasteiger partial charge in [-0.05, 0) is 31.8 Å². The normalized spacial score (nSPS) is 13.2. The molecule has 0 bridgehead atoms. The Balaban J connectivity index is 1.94. The molecule has 6 heteroatoms. The maximum atomic E-state index is 13.2. The molecular weight excluding hydrogens is 339 g/mol. The maximum absolute atomic E-state index is 13.2. The summed E-state index contributed by atoms with van der Waals surface area (Å²) in [4.78, 5) is 5.79. The van der Waals surface area contributed by atoms with E-state index in [1.54, 1.807) is 24.3 Å². The number of rotatable bonds is 5. The van der Waals surface area contributed by atoms with Gasteiger partial charge >= 0.3 is 6.18 Å². The van der Waals surface area contributed by atoms with Crippen LogP contribution < -0.4 is 5.32 Å². The van der Waals surface area contributed by atoms with Crippen LogP contribution in [0.4, 0.5) is 18.9 Å². The predicted molar refractivity (Wildman–Crippen MR) is 98.1 cm³/mol. The molecule has 26 heavy (non-hydrogen) atoms. The third kappa shape index (κ3) is 3.96. The molecule has 0 aliphatic rings. The number of pyridine rings is 1. The van der Waals surface area contributed by atoms with Gasteiger partial charge in [0.2, 0.25) is 0 Å². The predicted octanol–water partition coefficient (Wildman–Crippen LogP) is 4.97. The lowest BCUT2D eigenvalue weighted by atomic mass is 10.1. The van der Waals surface area contributed by atoms with Crippen molar-refractivity contribution >= 4 is 16.6 Å². The number of nitrogens with one attached hydrogen (secondary N) is 1. The lowest BCUT2D eigenvalue weighted by Crippen LogP contribution is -2.27. The first kappa shape index (κ1) is 18.2. The fraction of sp³-hybridized carbons (Fsp3) is 0.250. The lowest BCUT2D eigenvalue weighted by molar-refractivity contribution is -0.140. The van der Waals surface area contributed by atoms with Gasteiger partial charge in [-0.15, -0.1) is 0 Å². The number of anilines is 1. The van der Waals surface area contributed by atoms with Crippen molar-refractivity contribution in [3.8, 4) is 0 Å². The van der Waals surface area contributed by atoms with Crippen LogP contribution in [0, 0.1) is 0 Å². The summed E-state index contributed by atoms with van der Waals surface area (Å²) in [5.74, 6) is 0. The maximum Gasteiger partial charge on any atom is 0.433 e. The molecule has 1 N–H and O–H groups in total. The van der Waals surface area contributed by atoms with Crippen molar-refractivity contribution in [2.45, 2.75) is 12.2 Å². The van der Waals surface area contributed by atoms with Crippen LogP contribution >= 0.6 is 0 Å². The molecule has 136 valence electrons. The second kappa shape index (κ2) is 7.33. The van der Waals surface area contributed by atoms with E-state index in [0.29, 0.717) is 23.1 Å². The molecular formula is C20H20F3N3. The minimum atomic E-state index is -4.49. The van der Waals surface area contributed by atoms with Crippen LogP contribution in [0.2, 0.25) is 0 Å². The van der Waals surface area contributed by atoms with Crippen LogP contribution in [-0.2, 0) is 6.18 Å². The molecule has 0 amide bonds. The number of alkyl halides is 3. The Labute approximate surface area is 150 Å². The van der Waals surface area contributed by atoms with Crippen molar-refractivity contribution < 1.29 is 13.2 Å². The van der Waals surface area contributed by atoms with Crippen LogP contribution in [0.25, 0.3) is 10.9 Å². The van der Waals surface area contributed by atoms with Crippen molar-refractivity contribution in [2.24, 2.45) is 0 Å². The Hall–Kier alpha value is -2.60. The Morgan fingerprint density at radius 3 is 2.31 bits per heavy atom. The molecule has 0 aliphatic heterocycles. The number of hydrogen-bond acceptors (Lipinski definition) is 3. The summed E-state index contributed by atoms with van der Waals surface area (Å²) in [7, 11) is 3.90. The second-order valence-corrected chi connectivity index (χ2v) is 6.34. The fourth-order valence-corrected chi connectivity index (χ4v) is 2.95. The van der Waals surface area contributed by atoms with Gasteiger partial charge in [-0.2, -0.15) is 13.2 Å². The van der Waals surface area contributed by atoms with Crippen LogP contribution in [0.15, 0.2) is 60.7 Å². The summed E-state index contributed by atoms with van der Waals surface area (Å²) in [6.45, 7) is 0.475. The highest BCUT2D eigenvalue weighted by molar-refractivity contribution is 5.91. The van der Waals surface area contributed by atoms with Gasteiger partial charge in [-0.25, -0.2) is 4.98 Å². The molecule has 0 saturated heterocycles. The van der Waals surface area contributed by atoms with Crippen molar-refractivity contribution in [2.75, 3.05) is 26.0 Å². The first-order valence-corrected chi connectivity index (χ1v) is 8.28. The third-order valence-corrected chi connectivity index (χ3v) is 4.30. The zero-order valence-corrected chi connectivity index (χ0v) is 14.6. The number of fused-ring (bicyclic) bond motifs is 1. The molecule has 0 fully saturated rings. The molecule has 0 saturated carbocycles. The van der Waals surface area contributed by atoms with E-state index in [1.807, 2.05) is 49.3 Å². The minimum absolute atomic E-state index is 0.0254. The Kier molecular flexibility index (Phi) is 5.13. The van der Waals surface area contributed by atoms with Crippen molar-refractivity contribution in [1.82, 2.24) is 9.88 Å². The SMILES string of the molecule is CN(C)[C@@H](CNc1cc(C(F)(F)F)nc2ccccc12)c1ccccc1. The zero-order valence-electron chi connectivity index (χ0n) is 14.6. The Morgan fingerprint density at radius 1 is 1.00 bits per heavy atom. The molecule has 3 aromatic rings. The highest BCUT2D eigenvalue weighted by Gasteiger charge is 2.33. The fourth-order valence-electron chi connectivity index (χ4n) is 2.95. The largest absolute Gasteiger partial charge is 0.433 e. The number of likely N-dealkylation sites (N-methyl/N-ethyl adjacent to an activating group) is 1. The van der Waals surface area contributed by atoms with Gasteiger partial charge < -0.3 is 10.2 Å². The average molecular weight is 359 g/mol. The van der Waals surface area contributed by atoms with Gasteiger partial charge in [-0.1, -0.05) is 48.5 Å². The van der Waals surface area contributed by atoms with Crippen LogP contribution in [0.1, 0.15) is 17.3 Å². The van der Waals surface area contributed by atoms with Crippen molar-refractivity contribution in [3.05, 3.63) is 71.9 Å². The van der Waals surface area contributed by atoms with E-state index in [-0.39, 0.29) is 6.04 Å². The number of benzene rings is 2. The first-order valence-electron chi connectivity index (χ1n) is 8.28. The number of halogens is 3. The van der Waals surface area contributed by atoms with E-state index in [0.717, 1.165) is 11.6 Å². The minimum Gasteiger partial charge on any atom is -0.383 e. The zero-order chi connectivity index (χ0) is 18.7. The molecule has 1 heterocycles. The highest BCUT2D eigenvalue weighted by atomic mass is 19.4. The van der Waals surface area contributed by atoms with Gasteiger partial charge in [0.25, 0.3) is 0 Å². The topological polar surface area (TPSA) is 28.2 Å². The Morgan fingerprint density at radius 2 is 1.65 bits per heavy atom. The van der Waals surface area contributed by atoms with Gasteiger partial charge in [0.05, 0.1) is 11.6 Å². The number of aromatic nitrogens is 1. The quantitative estimate of drug-likeness (QED) is 0.697. The van der Waals surface area contributed by atoms with E-state index in [2.05, 4.69) is 10.3 Å². The number of para-hydroxylation sites is 1. The van der Waals surface area contributed by atoms with Crippen LogP contribution in [0.5, 0.6) is 0 Å². The molecule has 1 atom stereocenters. The molecule has 0 aliphatic carbocycles. The molecule has 0 unspecified atom stereocenters. The third-order valence-electron chi connectivity index (χ3n) is 4.30. The summed E-state index contributed by atoms with van der Waals surface area (Å²) in [6.07, 6.45) is -4.49. The summed E-state index contributed by atoms with van der Waals surface area (Å²) in [5, 5.41) is 3.87. The van der Waals surface area contributed by atoms with E-state index in [9.17, 15) is 13.2 Å². The average Bonchev–Trinajstić information content (AvgIpc) is 2.61. The van der Waals surface area contributed by atoms with E-state index >= 15 is 0 Å². The number of nitrogens with zero attached hydrogens (tertiary/aromatic N) is 2. The van der Waals surface area contributed by atoms with Gasteiger partial charge in [0, 0.05) is 17.6 Å². The van der Waals surface area contributed by atoms with Gasteiger partial charge in [0.15, 0.2) is 0 Å².